The molecule has 2 unspecified atom stereocenters. The number of amides is 2. The highest BCUT2D eigenvalue weighted by Gasteiger charge is 2.24. The lowest BCUT2D eigenvalue weighted by Crippen LogP contribution is -2.47. The number of hydrogen-bond donors (Lipinski definition) is 3. The first-order chi connectivity index (χ1) is 16.4. The van der Waals surface area contributed by atoms with E-state index in [9.17, 15) is 14.7 Å². The number of hydrogen-bond acceptors (Lipinski definition) is 7. The number of carbonyl (C=O) groups excluding carboxylic acids is 2. The minimum absolute atomic E-state index is 0.0980. The van der Waals surface area contributed by atoms with E-state index in [1.54, 1.807) is 13.0 Å². The molecule has 1 aromatic carbocycles. The molecule has 2 aliphatic heterocycles. The lowest BCUT2D eigenvalue weighted by atomic mass is 9.99. The lowest BCUT2D eigenvalue weighted by Gasteiger charge is -2.32. The molecule has 2 aromatic rings. The average molecular weight is 467 g/mol. The fraction of sp³-hybridized carbons (Fsp3) is 0.520. The summed E-state index contributed by atoms with van der Waals surface area (Å²) in [5, 5.41) is 16.9. The quantitative estimate of drug-likeness (QED) is 0.566. The van der Waals surface area contributed by atoms with Crippen LogP contribution in [0.5, 0.6) is 0 Å². The van der Waals surface area contributed by atoms with E-state index < -0.39 is 12.1 Å². The summed E-state index contributed by atoms with van der Waals surface area (Å²) in [5.74, 6) is 0.342. The van der Waals surface area contributed by atoms with Crippen molar-refractivity contribution in [1.29, 1.82) is 0 Å². The molecular formula is C25H34N6O3. The molecule has 2 atom stereocenters. The van der Waals surface area contributed by atoms with E-state index in [1.165, 1.54) is 17.5 Å². The average Bonchev–Trinajstić information content (AvgIpc) is 2.84. The normalized spacial score (nSPS) is 18.6. The minimum atomic E-state index is -0.694. The number of rotatable bonds is 7. The monoisotopic (exact) mass is 466 g/mol. The Balaban J connectivity index is 1.27. The predicted molar refractivity (Wildman–Crippen MR) is 129 cm³/mol. The van der Waals surface area contributed by atoms with Crippen LogP contribution in [0.2, 0.25) is 0 Å². The maximum Gasteiger partial charge on any atom is 0.270 e. The van der Waals surface area contributed by atoms with Gasteiger partial charge in [0.2, 0.25) is 5.91 Å². The van der Waals surface area contributed by atoms with Crippen LogP contribution in [0, 0.1) is 0 Å². The summed E-state index contributed by atoms with van der Waals surface area (Å²) in [6.45, 7) is 7.01. The molecule has 9 heteroatoms. The van der Waals surface area contributed by atoms with Crippen molar-refractivity contribution in [2.45, 2.75) is 57.8 Å². The second-order valence-corrected chi connectivity index (χ2v) is 9.30. The van der Waals surface area contributed by atoms with Crippen molar-refractivity contribution < 1.29 is 14.7 Å². The van der Waals surface area contributed by atoms with Crippen LogP contribution in [-0.2, 0) is 17.8 Å². The van der Waals surface area contributed by atoms with Crippen molar-refractivity contribution in [3.63, 3.8) is 0 Å². The Morgan fingerprint density at radius 2 is 1.88 bits per heavy atom. The van der Waals surface area contributed by atoms with Gasteiger partial charge in [-0.25, -0.2) is 9.97 Å². The predicted octanol–water partition coefficient (Wildman–Crippen LogP) is 1.44. The topological polar surface area (TPSA) is 111 Å². The van der Waals surface area contributed by atoms with Crippen molar-refractivity contribution in [2.24, 2.45) is 0 Å². The summed E-state index contributed by atoms with van der Waals surface area (Å²) in [5.41, 5.74) is 2.92. The highest BCUT2D eigenvalue weighted by atomic mass is 16.3. The fourth-order valence-corrected chi connectivity index (χ4v) is 4.62. The van der Waals surface area contributed by atoms with Gasteiger partial charge in [0.25, 0.3) is 5.91 Å². The number of aliphatic hydroxyl groups excluding tert-OH is 1. The van der Waals surface area contributed by atoms with E-state index in [4.69, 9.17) is 0 Å². The Kier molecular flexibility index (Phi) is 7.74. The summed E-state index contributed by atoms with van der Waals surface area (Å²) < 4.78 is 0. The van der Waals surface area contributed by atoms with Crippen LogP contribution in [0.25, 0.3) is 0 Å². The van der Waals surface area contributed by atoms with Gasteiger partial charge in [-0.1, -0.05) is 24.3 Å². The first kappa shape index (κ1) is 24.1. The molecule has 1 saturated heterocycles. The molecule has 1 fully saturated rings. The number of piperidine rings is 1. The molecule has 4 rings (SSSR count). The van der Waals surface area contributed by atoms with Gasteiger partial charge in [-0.15, -0.1) is 0 Å². The van der Waals surface area contributed by atoms with Gasteiger partial charge in [0.1, 0.15) is 17.8 Å². The van der Waals surface area contributed by atoms with Crippen LogP contribution in [0.15, 0.2) is 36.7 Å². The van der Waals surface area contributed by atoms with Gasteiger partial charge in [0.15, 0.2) is 0 Å². The maximum atomic E-state index is 12.8. The molecule has 182 valence electrons. The van der Waals surface area contributed by atoms with Crippen molar-refractivity contribution >= 4 is 17.6 Å². The molecule has 1 aromatic heterocycles. The first-order valence-electron chi connectivity index (χ1n) is 12.0. The zero-order valence-electron chi connectivity index (χ0n) is 19.9. The van der Waals surface area contributed by atoms with E-state index >= 15 is 0 Å². The Labute approximate surface area is 200 Å². The van der Waals surface area contributed by atoms with Gasteiger partial charge in [-0.3, -0.25) is 14.5 Å². The molecule has 0 saturated carbocycles. The van der Waals surface area contributed by atoms with Gasteiger partial charge in [-0.05, 0) is 37.3 Å². The highest BCUT2D eigenvalue weighted by Crippen LogP contribution is 2.19. The Morgan fingerprint density at radius 3 is 2.62 bits per heavy atom. The Morgan fingerprint density at radius 1 is 1.15 bits per heavy atom. The molecule has 0 radical (unpaired) electrons. The molecular weight excluding hydrogens is 432 g/mol. The summed E-state index contributed by atoms with van der Waals surface area (Å²) in [6.07, 6.45) is 3.30. The SMILES string of the molecule is CC(=O)N1CCC(Nc2cc(C(=O)NC(C)C(O)CN3CCc4ccccc4C3)ncn2)CC1. The zero-order valence-corrected chi connectivity index (χ0v) is 19.9. The second kappa shape index (κ2) is 10.9. The standard InChI is InChI=1S/C25H34N6O3/c1-17(23(33)15-30-10-7-19-5-3-4-6-20(19)14-30)28-25(34)22-13-24(27-16-26-22)29-21-8-11-31(12-9-21)18(2)32/h3-6,13,16-17,21,23,33H,7-12,14-15H2,1-2H3,(H,28,34)(H,26,27,29). The van der Waals surface area contributed by atoms with E-state index in [0.717, 1.165) is 32.4 Å². The molecule has 0 aliphatic carbocycles. The summed E-state index contributed by atoms with van der Waals surface area (Å²) in [7, 11) is 0. The third-order valence-corrected chi connectivity index (χ3v) is 6.78. The van der Waals surface area contributed by atoms with Crippen LogP contribution in [-0.4, -0.2) is 81.1 Å². The molecule has 0 bridgehead atoms. The Hall–Kier alpha value is -3.04. The van der Waals surface area contributed by atoms with Gasteiger partial charge >= 0.3 is 0 Å². The van der Waals surface area contributed by atoms with Crippen molar-refractivity contribution in [3.8, 4) is 0 Å². The van der Waals surface area contributed by atoms with Crippen LogP contribution in [0.3, 0.4) is 0 Å². The molecule has 3 heterocycles. The number of β-amino-alcohol motifs (C(OH)–C–C–N with tert-alkyl or cyclic N) is 1. The molecule has 34 heavy (non-hydrogen) atoms. The molecule has 2 amide bonds. The fourth-order valence-electron chi connectivity index (χ4n) is 4.62. The molecule has 0 spiro atoms. The maximum absolute atomic E-state index is 12.8. The van der Waals surface area contributed by atoms with Gasteiger partial charge in [0.05, 0.1) is 12.1 Å². The largest absolute Gasteiger partial charge is 0.390 e. The number of nitrogens with one attached hydrogen (secondary N) is 2. The highest BCUT2D eigenvalue weighted by molar-refractivity contribution is 5.93. The van der Waals surface area contributed by atoms with Crippen molar-refractivity contribution in [3.05, 3.63) is 53.5 Å². The number of anilines is 1. The number of nitrogens with zero attached hydrogens (tertiary/aromatic N) is 4. The summed E-state index contributed by atoms with van der Waals surface area (Å²) in [4.78, 5) is 36.7. The number of aliphatic hydroxyl groups is 1. The van der Waals surface area contributed by atoms with Gasteiger partial charge < -0.3 is 20.6 Å². The van der Waals surface area contributed by atoms with E-state index in [2.05, 4.69) is 43.7 Å². The van der Waals surface area contributed by atoms with E-state index in [-0.39, 0.29) is 23.6 Å². The summed E-state index contributed by atoms with van der Waals surface area (Å²) >= 11 is 0. The number of benzene rings is 1. The third kappa shape index (κ3) is 6.09. The van der Waals surface area contributed by atoms with Crippen molar-refractivity contribution in [2.75, 3.05) is 31.5 Å². The van der Waals surface area contributed by atoms with Crippen LogP contribution < -0.4 is 10.6 Å². The number of fused-ring (bicyclic) bond motifs is 1. The molecule has 3 N–H and O–H groups in total. The van der Waals surface area contributed by atoms with Crippen LogP contribution >= 0.6 is 0 Å². The van der Waals surface area contributed by atoms with Gasteiger partial charge in [0, 0.05) is 51.8 Å². The van der Waals surface area contributed by atoms with E-state index in [1.807, 2.05) is 17.9 Å². The number of carbonyl (C=O) groups is 2. The Bertz CT molecular complexity index is 1010. The second-order valence-electron chi connectivity index (χ2n) is 9.30. The first-order valence-corrected chi connectivity index (χ1v) is 12.0. The van der Waals surface area contributed by atoms with Crippen LogP contribution in [0.1, 0.15) is 48.3 Å². The molecule has 2 aliphatic rings. The number of likely N-dealkylation sites (tertiary alicyclic amines) is 1. The summed E-state index contributed by atoms with van der Waals surface area (Å²) in [6, 6.07) is 9.79. The number of aromatic nitrogens is 2. The smallest absolute Gasteiger partial charge is 0.270 e. The van der Waals surface area contributed by atoms with Gasteiger partial charge in [-0.2, -0.15) is 0 Å². The van der Waals surface area contributed by atoms with Crippen molar-refractivity contribution in [1.82, 2.24) is 25.1 Å². The lowest BCUT2D eigenvalue weighted by molar-refractivity contribution is -0.129. The molecule has 9 nitrogen and oxygen atoms in total. The van der Waals surface area contributed by atoms with E-state index in [0.29, 0.717) is 25.5 Å². The minimum Gasteiger partial charge on any atom is -0.390 e. The third-order valence-electron chi connectivity index (χ3n) is 6.78. The zero-order chi connectivity index (χ0) is 24.1. The van der Waals surface area contributed by atoms with Crippen LogP contribution in [0.4, 0.5) is 5.82 Å².